The lowest BCUT2D eigenvalue weighted by molar-refractivity contribution is 0.190. The van der Waals surface area contributed by atoms with Gasteiger partial charge in [-0.3, -0.25) is 0 Å². The number of nitrogens with zero attached hydrogens (tertiary/aromatic N) is 2. The molecule has 0 bridgehead atoms. The lowest BCUT2D eigenvalue weighted by atomic mass is 10.3. The fourth-order valence-corrected chi connectivity index (χ4v) is 2.40. The Balaban J connectivity index is 2.58. The third kappa shape index (κ3) is 4.60. The van der Waals surface area contributed by atoms with Gasteiger partial charge >= 0.3 is 0 Å². The van der Waals surface area contributed by atoms with E-state index in [0.29, 0.717) is 12.6 Å². The zero-order valence-corrected chi connectivity index (χ0v) is 12.0. The van der Waals surface area contributed by atoms with Gasteiger partial charge in [0.1, 0.15) is 0 Å². The average Bonchev–Trinajstić information content (AvgIpc) is 2.74. The molecule has 0 aliphatic rings. The molecule has 1 aromatic heterocycles. The number of imidazole rings is 1. The van der Waals surface area contributed by atoms with Crippen molar-refractivity contribution >= 4 is 17.7 Å². The van der Waals surface area contributed by atoms with Crippen molar-refractivity contribution in [2.24, 2.45) is 0 Å². The van der Waals surface area contributed by atoms with Gasteiger partial charge in [-0.1, -0.05) is 6.92 Å². The number of methoxy groups -OCH3 is 1. The highest BCUT2D eigenvalue weighted by Crippen LogP contribution is 2.18. The Kier molecular flexibility index (Phi) is 6.44. The molecule has 2 unspecified atom stereocenters. The number of hydrogen-bond donors (Lipinski definition) is 1. The number of aromatic nitrogens is 2. The van der Waals surface area contributed by atoms with Gasteiger partial charge in [-0.25, -0.2) is 4.98 Å². The molecule has 4 nitrogen and oxygen atoms in total. The van der Waals surface area contributed by atoms with E-state index in [1.165, 1.54) is 0 Å². The van der Waals surface area contributed by atoms with E-state index < -0.39 is 0 Å². The Morgan fingerprint density at radius 1 is 1.53 bits per heavy atom. The van der Waals surface area contributed by atoms with E-state index in [1.807, 2.05) is 24.2 Å². The van der Waals surface area contributed by atoms with Crippen molar-refractivity contribution in [3.63, 3.8) is 0 Å². The third-order valence-corrected chi connectivity index (χ3v) is 3.63. The lowest BCUT2D eigenvalue weighted by Crippen LogP contribution is -2.24. The molecule has 0 aliphatic carbocycles. The summed E-state index contributed by atoms with van der Waals surface area (Å²) >= 11 is 1.95. The number of rotatable bonds is 8. The van der Waals surface area contributed by atoms with Gasteiger partial charge in [0.05, 0.1) is 6.61 Å². The second-order valence-electron chi connectivity index (χ2n) is 4.17. The van der Waals surface area contributed by atoms with Crippen molar-refractivity contribution in [1.82, 2.24) is 9.55 Å². The van der Waals surface area contributed by atoms with Crippen LogP contribution in [0.2, 0.25) is 0 Å². The van der Waals surface area contributed by atoms with Crippen molar-refractivity contribution in [3.8, 4) is 0 Å². The Bertz CT molecular complexity index is 316. The summed E-state index contributed by atoms with van der Waals surface area (Å²) < 4.78 is 7.30. The third-order valence-electron chi connectivity index (χ3n) is 2.50. The minimum absolute atomic E-state index is 0.271. The summed E-state index contributed by atoms with van der Waals surface area (Å²) in [6.45, 7) is 7.18. The highest BCUT2D eigenvalue weighted by atomic mass is 32.2. The second-order valence-corrected chi connectivity index (χ2v) is 5.49. The van der Waals surface area contributed by atoms with Gasteiger partial charge in [0.25, 0.3) is 0 Å². The molecule has 0 aromatic carbocycles. The largest absolute Gasteiger partial charge is 0.383 e. The van der Waals surface area contributed by atoms with Crippen molar-refractivity contribution in [1.29, 1.82) is 0 Å². The van der Waals surface area contributed by atoms with Crippen LogP contribution < -0.4 is 5.32 Å². The summed E-state index contributed by atoms with van der Waals surface area (Å²) in [6.07, 6.45) is 3.87. The van der Waals surface area contributed by atoms with E-state index >= 15 is 0 Å². The molecule has 1 N–H and O–H groups in total. The molecule has 0 spiro atoms. The van der Waals surface area contributed by atoms with Gasteiger partial charge < -0.3 is 14.6 Å². The molecule has 17 heavy (non-hydrogen) atoms. The standard InChI is InChI=1S/C12H23N3OS/c1-5-17-9-11(3)15-7-6-13-12(15)14-10(2)8-16-4/h6-7,10-11H,5,8-9H2,1-4H3,(H,13,14). The van der Waals surface area contributed by atoms with Crippen LogP contribution in [0, 0.1) is 0 Å². The van der Waals surface area contributed by atoms with Crippen LogP contribution in [0.1, 0.15) is 26.8 Å². The summed E-state index contributed by atoms with van der Waals surface area (Å²) in [5, 5.41) is 3.37. The summed E-state index contributed by atoms with van der Waals surface area (Å²) in [6, 6.07) is 0.729. The van der Waals surface area contributed by atoms with E-state index in [4.69, 9.17) is 4.74 Å². The maximum Gasteiger partial charge on any atom is 0.203 e. The van der Waals surface area contributed by atoms with E-state index in [-0.39, 0.29) is 6.04 Å². The zero-order chi connectivity index (χ0) is 12.7. The first kappa shape index (κ1) is 14.4. The van der Waals surface area contributed by atoms with E-state index in [9.17, 15) is 0 Å². The topological polar surface area (TPSA) is 39.1 Å². The van der Waals surface area contributed by atoms with Crippen LogP contribution in [0.15, 0.2) is 12.4 Å². The highest BCUT2D eigenvalue weighted by Gasteiger charge is 2.11. The molecule has 1 rings (SSSR count). The number of thioether (sulfide) groups is 1. The normalized spacial score (nSPS) is 14.6. The molecule has 1 aromatic rings. The maximum absolute atomic E-state index is 5.11. The molecular formula is C12H23N3OS. The van der Waals surface area contributed by atoms with Gasteiger partial charge in [-0.2, -0.15) is 11.8 Å². The highest BCUT2D eigenvalue weighted by molar-refractivity contribution is 7.99. The summed E-state index contributed by atoms with van der Waals surface area (Å²) in [4.78, 5) is 4.35. The predicted molar refractivity (Wildman–Crippen MR) is 74.9 cm³/mol. The minimum atomic E-state index is 0.271. The molecule has 0 saturated heterocycles. The number of anilines is 1. The van der Waals surface area contributed by atoms with Crippen molar-refractivity contribution in [2.45, 2.75) is 32.9 Å². The summed E-state index contributed by atoms with van der Waals surface area (Å²) in [5.41, 5.74) is 0. The van der Waals surface area contributed by atoms with E-state index in [0.717, 1.165) is 17.5 Å². The summed E-state index contributed by atoms with van der Waals surface area (Å²) in [7, 11) is 1.71. The van der Waals surface area contributed by atoms with Crippen molar-refractivity contribution in [3.05, 3.63) is 12.4 Å². The van der Waals surface area contributed by atoms with E-state index in [1.54, 1.807) is 7.11 Å². The second kappa shape index (κ2) is 7.61. The molecule has 0 radical (unpaired) electrons. The van der Waals surface area contributed by atoms with Crippen LogP contribution >= 0.6 is 11.8 Å². The predicted octanol–water partition coefficient (Wildman–Crippen LogP) is 2.64. The van der Waals surface area contributed by atoms with Crippen molar-refractivity contribution < 1.29 is 4.74 Å². The van der Waals surface area contributed by atoms with Crippen LogP contribution in [-0.4, -0.2) is 40.8 Å². The maximum atomic E-state index is 5.11. The number of hydrogen-bond acceptors (Lipinski definition) is 4. The van der Waals surface area contributed by atoms with Crippen LogP contribution in [0.25, 0.3) is 0 Å². The number of ether oxygens (including phenoxy) is 1. The lowest BCUT2D eigenvalue weighted by Gasteiger charge is -2.19. The molecule has 0 aliphatic heterocycles. The molecule has 5 heteroatoms. The first-order chi connectivity index (χ1) is 8.19. The van der Waals surface area contributed by atoms with Gasteiger partial charge in [0.15, 0.2) is 0 Å². The zero-order valence-electron chi connectivity index (χ0n) is 11.1. The van der Waals surface area contributed by atoms with Crippen LogP contribution in [0.3, 0.4) is 0 Å². The molecule has 0 saturated carbocycles. The van der Waals surface area contributed by atoms with Crippen LogP contribution in [0.4, 0.5) is 5.95 Å². The fourth-order valence-electron chi connectivity index (χ4n) is 1.66. The van der Waals surface area contributed by atoms with Gasteiger partial charge in [-0.05, 0) is 19.6 Å². The first-order valence-electron chi connectivity index (χ1n) is 6.05. The van der Waals surface area contributed by atoms with Gasteiger partial charge in [0, 0.05) is 37.3 Å². The van der Waals surface area contributed by atoms with Gasteiger partial charge in [-0.15, -0.1) is 0 Å². The fraction of sp³-hybridized carbons (Fsp3) is 0.750. The molecule has 0 fully saturated rings. The Labute approximate surface area is 108 Å². The monoisotopic (exact) mass is 257 g/mol. The Morgan fingerprint density at radius 3 is 2.94 bits per heavy atom. The molecule has 0 amide bonds. The van der Waals surface area contributed by atoms with Crippen molar-refractivity contribution in [2.75, 3.05) is 30.5 Å². The Hall–Kier alpha value is -0.680. The smallest absolute Gasteiger partial charge is 0.203 e. The van der Waals surface area contributed by atoms with E-state index in [2.05, 4.69) is 35.6 Å². The van der Waals surface area contributed by atoms with Gasteiger partial charge in [0.2, 0.25) is 5.95 Å². The minimum Gasteiger partial charge on any atom is -0.383 e. The quantitative estimate of drug-likeness (QED) is 0.777. The SMILES string of the molecule is CCSCC(C)n1ccnc1NC(C)COC. The molecule has 1 heterocycles. The van der Waals surface area contributed by atoms with Crippen LogP contribution in [0.5, 0.6) is 0 Å². The Morgan fingerprint density at radius 2 is 2.29 bits per heavy atom. The molecule has 2 atom stereocenters. The summed E-state index contributed by atoms with van der Waals surface area (Å²) in [5.74, 6) is 3.20. The first-order valence-corrected chi connectivity index (χ1v) is 7.20. The van der Waals surface area contributed by atoms with Crippen LogP contribution in [-0.2, 0) is 4.74 Å². The molecule has 98 valence electrons. The number of nitrogens with one attached hydrogen (secondary N) is 1. The molecular weight excluding hydrogens is 234 g/mol. The average molecular weight is 257 g/mol.